The van der Waals surface area contributed by atoms with E-state index < -0.39 is 18.2 Å². The van der Waals surface area contributed by atoms with Crippen molar-refractivity contribution in [3.05, 3.63) is 104 Å². The van der Waals surface area contributed by atoms with Gasteiger partial charge in [-0.15, -0.1) is 22.7 Å². The van der Waals surface area contributed by atoms with E-state index in [0.717, 1.165) is 39.8 Å². The van der Waals surface area contributed by atoms with Crippen LogP contribution in [0, 0.1) is 0 Å². The lowest BCUT2D eigenvalue weighted by Gasteiger charge is -2.32. The molecule has 0 aliphatic carbocycles. The Bertz CT molecular complexity index is 1720. The van der Waals surface area contributed by atoms with E-state index in [1.165, 1.54) is 16.2 Å². The van der Waals surface area contributed by atoms with Gasteiger partial charge in [-0.05, 0) is 50.2 Å². The number of thiazole rings is 2. The van der Waals surface area contributed by atoms with E-state index in [4.69, 9.17) is 9.72 Å². The number of ether oxygens (including phenoxy) is 1. The molecule has 290 valence electrons. The zero-order chi connectivity index (χ0) is 38.3. The molecule has 5 rings (SSSR count). The minimum absolute atomic E-state index is 0.230. The van der Waals surface area contributed by atoms with Gasteiger partial charge in [0.1, 0.15) is 6.04 Å². The highest BCUT2D eigenvalue weighted by Crippen LogP contribution is 2.23. The van der Waals surface area contributed by atoms with Crippen molar-refractivity contribution in [2.45, 2.75) is 89.5 Å². The van der Waals surface area contributed by atoms with E-state index in [1.54, 1.807) is 23.0 Å². The first-order valence-corrected chi connectivity index (χ1v) is 20.5. The number of aromatic nitrogens is 2. The van der Waals surface area contributed by atoms with Crippen LogP contribution < -0.4 is 16.0 Å². The van der Waals surface area contributed by atoms with E-state index >= 15 is 0 Å². The van der Waals surface area contributed by atoms with Gasteiger partial charge >= 0.3 is 12.1 Å². The third-order valence-electron chi connectivity index (χ3n) is 9.61. The number of amides is 4. The molecule has 2 aromatic heterocycles. The van der Waals surface area contributed by atoms with Crippen molar-refractivity contribution in [3.63, 3.8) is 0 Å². The highest BCUT2D eigenvalue weighted by molar-refractivity contribution is 7.09. The molecule has 0 bridgehead atoms. The summed E-state index contributed by atoms with van der Waals surface area (Å²) in [5.74, 6) is 0.0167. The van der Waals surface area contributed by atoms with Gasteiger partial charge in [0.2, 0.25) is 5.91 Å². The van der Waals surface area contributed by atoms with Crippen LogP contribution in [0.5, 0.6) is 0 Å². The van der Waals surface area contributed by atoms with Crippen molar-refractivity contribution in [1.29, 1.82) is 0 Å². The zero-order valence-electron chi connectivity index (χ0n) is 31.4. The van der Waals surface area contributed by atoms with Crippen molar-refractivity contribution in [1.82, 2.24) is 35.7 Å². The predicted octanol–water partition coefficient (Wildman–Crippen LogP) is 6.47. The quantitative estimate of drug-likeness (QED) is 0.0847. The molecule has 1 aliphatic rings. The summed E-state index contributed by atoms with van der Waals surface area (Å²) in [6.45, 7) is 9.71. The Balaban J connectivity index is 1.33. The zero-order valence-corrected chi connectivity index (χ0v) is 33.0. The van der Waals surface area contributed by atoms with Gasteiger partial charge in [-0.2, -0.15) is 0 Å². The first-order chi connectivity index (χ1) is 26.1. The fourth-order valence-corrected chi connectivity index (χ4v) is 8.08. The van der Waals surface area contributed by atoms with Crippen LogP contribution in [0.15, 0.2) is 77.8 Å². The Morgan fingerprint density at radius 1 is 0.889 bits per heavy atom. The van der Waals surface area contributed by atoms with Crippen LogP contribution in [0.2, 0.25) is 0 Å². The second kappa shape index (κ2) is 20.9. The molecule has 4 aromatic rings. The van der Waals surface area contributed by atoms with E-state index in [-0.39, 0.29) is 30.6 Å². The molecule has 1 unspecified atom stereocenters. The smallest absolute Gasteiger partial charge is 0.407 e. The topological polar surface area (TPSA) is 149 Å². The van der Waals surface area contributed by atoms with E-state index in [1.807, 2.05) is 73.0 Å². The molecule has 3 heterocycles. The minimum atomic E-state index is -1.00. The largest absolute Gasteiger partial charge is 0.465 e. The number of hydrogen-bond donors (Lipinski definition) is 4. The Hall–Kier alpha value is -4.37. The number of urea groups is 1. The standard InChI is InChI=1S/C40H53N7O5S2/c1-28(2)38-44-36(26-53-38)29(3)42-39(49)45-35(16-17-46-18-20-52-21-19-46)37(48)43-32(22-30-10-6-4-7-11-30)14-15-33(23-31-12-8-5-9-13-31)47(40(50)51)25-34-24-41-27-54-34/h4-13,24,26-29,32-33,35H,14-23,25H2,1-3H3,(H,43,48)(H,50,51)(H2,42,45,49)/t29?,32-,33-,35+/m1/s1. The maximum Gasteiger partial charge on any atom is 0.407 e. The molecule has 2 aromatic carbocycles. The summed E-state index contributed by atoms with van der Waals surface area (Å²) in [5, 5.41) is 22.6. The number of nitrogens with one attached hydrogen (secondary N) is 3. The number of hydrogen-bond acceptors (Lipinski definition) is 9. The fraction of sp³-hybridized carbons (Fsp3) is 0.475. The van der Waals surface area contributed by atoms with Crippen LogP contribution in [-0.2, 0) is 28.9 Å². The van der Waals surface area contributed by atoms with Crippen LogP contribution in [0.3, 0.4) is 0 Å². The summed E-state index contributed by atoms with van der Waals surface area (Å²) in [4.78, 5) is 53.9. The van der Waals surface area contributed by atoms with E-state index in [0.29, 0.717) is 57.8 Å². The molecule has 0 spiro atoms. The van der Waals surface area contributed by atoms with E-state index in [2.05, 4.69) is 39.7 Å². The van der Waals surface area contributed by atoms with Gasteiger partial charge in [0.05, 0.1) is 42.0 Å². The summed E-state index contributed by atoms with van der Waals surface area (Å²) in [5.41, 5.74) is 4.58. The van der Waals surface area contributed by atoms with E-state index in [9.17, 15) is 19.5 Å². The van der Waals surface area contributed by atoms with Crippen molar-refractivity contribution in [2.24, 2.45) is 0 Å². The minimum Gasteiger partial charge on any atom is -0.465 e. The highest BCUT2D eigenvalue weighted by atomic mass is 32.1. The Morgan fingerprint density at radius 3 is 2.19 bits per heavy atom. The molecule has 12 nitrogen and oxygen atoms in total. The SMILES string of the molecule is CC(C)c1nc(C(C)NC(=O)N[C@@H](CCN2CCOCC2)C(=O)N[C@H](CC[C@H](Cc2ccccc2)N(Cc2cncs2)C(=O)O)Cc2ccccc2)cs1. The maximum absolute atomic E-state index is 14.3. The number of morpholine rings is 1. The number of carbonyl (C=O) groups is 3. The molecular weight excluding hydrogens is 723 g/mol. The molecule has 14 heteroatoms. The van der Waals surface area contributed by atoms with Crippen molar-refractivity contribution < 1.29 is 24.2 Å². The van der Waals surface area contributed by atoms with Gasteiger partial charge in [-0.1, -0.05) is 74.5 Å². The lowest BCUT2D eigenvalue weighted by Crippen LogP contribution is -2.54. The summed E-state index contributed by atoms with van der Waals surface area (Å²) in [6, 6.07) is 17.6. The summed E-state index contributed by atoms with van der Waals surface area (Å²) in [7, 11) is 0. The molecule has 0 radical (unpaired) electrons. The summed E-state index contributed by atoms with van der Waals surface area (Å²) in [6.07, 6.45) is 3.22. The summed E-state index contributed by atoms with van der Waals surface area (Å²) < 4.78 is 5.53. The molecule has 54 heavy (non-hydrogen) atoms. The lowest BCUT2D eigenvalue weighted by atomic mass is 9.94. The monoisotopic (exact) mass is 775 g/mol. The fourth-order valence-electron chi connectivity index (χ4n) is 6.56. The molecule has 4 amide bonds. The average molecular weight is 776 g/mol. The molecule has 0 saturated carbocycles. The molecular formula is C40H53N7O5S2. The highest BCUT2D eigenvalue weighted by Gasteiger charge is 2.29. The van der Waals surface area contributed by atoms with Crippen molar-refractivity contribution >= 4 is 40.7 Å². The number of carboxylic acid groups (broad SMARTS) is 1. The van der Waals surface area contributed by atoms with Crippen LogP contribution in [0.1, 0.15) is 78.7 Å². The van der Waals surface area contributed by atoms with Gasteiger partial charge in [0.15, 0.2) is 0 Å². The van der Waals surface area contributed by atoms with Crippen molar-refractivity contribution in [3.8, 4) is 0 Å². The number of nitrogens with zero attached hydrogens (tertiary/aromatic N) is 4. The van der Waals surface area contributed by atoms with Crippen LogP contribution in [0.4, 0.5) is 9.59 Å². The third kappa shape index (κ3) is 12.9. The normalized spacial score (nSPS) is 15.6. The van der Waals surface area contributed by atoms with Crippen LogP contribution >= 0.6 is 22.7 Å². The first-order valence-electron chi connectivity index (χ1n) is 18.7. The molecule has 1 fully saturated rings. The van der Waals surface area contributed by atoms with Crippen molar-refractivity contribution in [2.75, 3.05) is 32.8 Å². The number of benzene rings is 2. The Labute approximate surface area is 326 Å². The Kier molecular flexibility index (Phi) is 15.8. The van der Waals surface area contributed by atoms with Crippen LogP contribution in [-0.4, -0.2) is 93.9 Å². The molecule has 1 aliphatic heterocycles. The third-order valence-corrected chi connectivity index (χ3v) is 11.5. The van der Waals surface area contributed by atoms with Gasteiger partial charge in [0, 0.05) is 54.1 Å². The maximum atomic E-state index is 14.3. The second-order valence-corrected chi connectivity index (χ2v) is 16.0. The first kappa shape index (κ1) is 40.8. The summed E-state index contributed by atoms with van der Waals surface area (Å²) >= 11 is 3.00. The predicted molar refractivity (Wildman–Crippen MR) is 213 cm³/mol. The number of rotatable bonds is 19. The lowest BCUT2D eigenvalue weighted by molar-refractivity contribution is -0.124. The molecule has 4 N–H and O–H groups in total. The van der Waals surface area contributed by atoms with Gasteiger partial charge < -0.3 is 25.8 Å². The average Bonchev–Trinajstić information content (AvgIpc) is 3.89. The Morgan fingerprint density at radius 2 is 1.57 bits per heavy atom. The van der Waals surface area contributed by atoms with Crippen LogP contribution in [0.25, 0.3) is 0 Å². The number of carbonyl (C=O) groups excluding carboxylic acids is 2. The molecule has 4 atom stereocenters. The molecule has 1 saturated heterocycles. The van der Waals surface area contributed by atoms with Gasteiger partial charge in [0.25, 0.3) is 0 Å². The van der Waals surface area contributed by atoms with Gasteiger partial charge in [-0.3, -0.25) is 19.6 Å². The second-order valence-electron chi connectivity index (χ2n) is 14.1. The van der Waals surface area contributed by atoms with Gasteiger partial charge in [-0.25, -0.2) is 14.6 Å².